The van der Waals surface area contributed by atoms with Crippen LogP contribution in [0.5, 0.6) is 0 Å². The van der Waals surface area contributed by atoms with E-state index in [4.69, 9.17) is 0 Å². The lowest BCUT2D eigenvalue weighted by atomic mass is 10.1. The summed E-state index contributed by atoms with van der Waals surface area (Å²) < 4.78 is 11.6. The molecule has 0 aliphatic heterocycles. The fourth-order valence-electron chi connectivity index (χ4n) is 1.30. The fourth-order valence-corrected chi connectivity index (χ4v) is 2.01. The lowest BCUT2D eigenvalue weighted by Gasteiger charge is -2.04. The maximum atomic E-state index is 11.6. The summed E-state index contributed by atoms with van der Waals surface area (Å²) in [6, 6.07) is 1.91. The van der Waals surface area contributed by atoms with Gasteiger partial charge in [0.15, 0.2) is 0 Å². The molecule has 1 aromatic rings. The van der Waals surface area contributed by atoms with Gasteiger partial charge in [0, 0.05) is 23.6 Å². The fraction of sp³-hybridized carbons (Fsp3) is 0.545. The highest BCUT2D eigenvalue weighted by Crippen LogP contribution is 2.05. The highest BCUT2D eigenvalue weighted by molar-refractivity contribution is 8.00. The Morgan fingerprint density at radius 3 is 2.60 bits per heavy atom. The molecule has 0 aromatic carbocycles. The van der Waals surface area contributed by atoms with Crippen molar-refractivity contribution in [2.24, 2.45) is 5.92 Å². The zero-order valence-electron chi connectivity index (χ0n) is 9.73. The molecule has 1 aromatic heterocycles. The summed E-state index contributed by atoms with van der Waals surface area (Å²) >= 11 is 0. The van der Waals surface area contributed by atoms with Crippen LogP contribution in [0, 0.1) is 5.92 Å². The van der Waals surface area contributed by atoms with E-state index in [-0.39, 0.29) is 0 Å². The molecule has 3 nitrogen and oxygen atoms in total. The molecule has 4 heteroatoms. The monoisotopic (exact) mass is 226 g/mol. The number of hydrogen-bond donors (Lipinski definition) is 0. The zero-order valence-corrected chi connectivity index (χ0v) is 10.5. The molecule has 0 fully saturated rings. The normalized spacial score (nSPS) is 11.8. The van der Waals surface area contributed by atoms with Crippen LogP contribution in [0.1, 0.15) is 25.2 Å². The van der Waals surface area contributed by atoms with Crippen molar-refractivity contribution in [3.05, 3.63) is 23.8 Å². The molecular formula is C11H18N2OS. The quantitative estimate of drug-likeness (QED) is 0.731. The highest BCUT2D eigenvalue weighted by atomic mass is 32.2. The maximum Gasteiger partial charge on any atom is 0.116 e. The number of rotatable bonds is 3. The first-order valence-electron chi connectivity index (χ1n) is 4.97. The summed E-state index contributed by atoms with van der Waals surface area (Å²) in [5.41, 5.74) is 1.77. The molecule has 0 radical (unpaired) electrons. The summed E-state index contributed by atoms with van der Waals surface area (Å²) in [7, 11) is -1.89. The lowest BCUT2D eigenvalue weighted by Crippen LogP contribution is -2.04. The predicted octanol–water partition coefficient (Wildman–Crippen LogP) is 1.37. The molecule has 0 unspecified atom stereocenters. The van der Waals surface area contributed by atoms with Crippen LogP contribution in [0.15, 0.2) is 12.4 Å². The van der Waals surface area contributed by atoms with Gasteiger partial charge >= 0.3 is 0 Å². The Kier molecular flexibility index (Phi) is 3.85. The van der Waals surface area contributed by atoms with E-state index in [2.05, 4.69) is 23.8 Å². The van der Waals surface area contributed by atoms with Crippen LogP contribution in [-0.2, 0) is 15.9 Å². The average molecular weight is 226 g/mol. The Morgan fingerprint density at radius 1 is 1.40 bits per heavy atom. The van der Waals surface area contributed by atoms with Crippen LogP contribution in [0.25, 0.3) is 0 Å². The van der Waals surface area contributed by atoms with Gasteiger partial charge in [0.2, 0.25) is 0 Å². The molecule has 1 heterocycles. The van der Waals surface area contributed by atoms with Gasteiger partial charge in [-0.25, -0.2) is 9.97 Å². The largest absolute Gasteiger partial charge is 0.268 e. The molecule has 84 valence electrons. The second-order valence-electron chi connectivity index (χ2n) is 4.46. The smallest absolute Gasteiger partial charge is 0.116 e. The minimum atomic E-state index is -1.89. The van der Waals surface area contributed by atoms with Crippen molar-refractivity contribution < 1.29 is 4.21 Å². The van der Waals surface area contributed by atoms with Gasteiger partial charge in [-0.05, 0) is 27.9 Å². The molecule has 0 saturated heterocycles. The number of hydrogen-bond acceptors (Lipinski definition) is 3. The van der Waals surface area contributed by atoms with Crippen molar-refractivity contribution in [2.75, 3.05) is 12.5 Å². The Bertz CT molecular complexity index is 438. The lowest BCUT2D eigenvalue weighted by molar-refractivity contribution is 0.634. The van der Waals surface area contributed by atoms with Crippen LogP contribution >= 0.6 is 0 Å². The third kappa shape index (κ3) is 4.93. The Labute approximate surface area is 92.0 Å². The van der Waals surface area contributed by atoms with Crippen molar-refractivity contribution in [3.63, 3.8) is 0 Å². The zero-order chi connectivity index (χ0) is 11.5. The van der Waals surface area contributed by atoms with Crippen molar-refractivity contribution >= 4 is 14.9 Å². The predicted molar refractivity (Wildman–Crippen MR) is 65.7 cm³/mol. The summed E-state index contributed by atoms with van der Waals surface area (Å²) in [4.78, 5) is 8.27. The van der Waals surface area contributed by atoms with Gasteiger partial charge in [-0.1, -0.05) is 13.8 Å². The van der Waals surface area contributed by atoms with Crippen molar-refractivity contribution in [3.8, 4) is 0 Å². The topological polar surface area (TPSA) is 42.9 Å². The summed E-state index contributed by atoms with van der Waals surface area (Å²) in [5.74, 6) is 0.570. The van der Waals surface area contributed by atoms with E-state index in [1.165, 1.54) is 6.33 Å². The molecular weight excluding hydrogens is 208 g/mol. The van der Waals surface area contributed by atoms with E-state index in [1.54, 1.807) is 17.9 Å². The third-order valence-corrected chi connectivity index (χ3v) is 2.58. The molecule has 0 spiro atoms. The minimum absolute atomic E-state index is 0.570. The van der Waals surface area contributed by atoms with E-state index in [0.29, 0.717) is 5.92 Å². The first kappa shape index (κ1) is 12.2. The van der Waals surface area contributed by atoms with Crippen LogP contribution < -0.4 is 0 Å². The Morgan fingerprint density at radius 2 is 2.07 bits per heavy atom. The summed E-state index contributed by atoms with van der Waals surface area (Å²) in [5, 5.41) is 1.71. The van der Waals surface area contributed by atoms with E-state index < -0.39 is 9.52 Å². The average Bonchev–Trinajstić information content (AvgIpc) is 1.99. The summed E-state index contributed by atoms with van der Waals surface area (Å²) in [6.45, 7) is 4.29. The van der Waals surface area contributed by atoms with Gasteiger partial charge in [0.25, 0.3) is 0 Å². The molecule has 0 saturated carbocycles. The molecule has 1 rings (SSSR count). The van der Waals surface area contributed by atoms with Crippen molar-refractivity contribution in [1.29, 1.82) is 0 Å². The molecule has 0 N–H and O–H groups in total. The first-order valence-corrected chi connectivity index (χ1v) is 7.40. The SMILES string of the molecule is CC(C)Cc1cc(C=S(C)(C)=O)ncn1. The highest BCUT2D eigenvalue weighted by Gasteiger charge is 2.01. The van der Waals surface area contributed by atoms with Crippen LogP contribution in [0.3, 0.4) is 0 Å². The maximum absolute atomic E-state index is 11.6. The van der Waals surface area contributed by atoms with Gasteiger partial charge in [-0.3, -0.25) is 4.21 Å². The van der Waals surface area contributed by atoms with Gasteiger partial charge in [0.05, 0.1) is 5.69 Å². The number of aromatic nitrogens is 2. The molecule has 0 aliphatic carbocycles. The van der Waals surface area contributed by atoms with Crippen molar-refractivity contribution in [1.82, 2.24) is 9.97 Å². The van der Waals surface area contributed by atoms with E-state index in [1.807, 2.05) is 6.07 Å². The van der Waals surface area contributed by atoms with Crippen LogP contribution in [0.4, 0.5) is 0 Å². The molecule has 0 amide bonds. The van der Waals surface area contributed by atoms with Gasteiger partial charge in [-0.2, -0.15) is 0 Å². The Balaban J connectivity index is 2.99. The minimum Gasteiger partial charge on any atom is -0.268 e. The summed E-state index contributed by atoms with van der Waals surface area (Å²) in [6.07, 6.45) is 5.88. The van der Waals surface area contributed by atoms with Gasteiger partial charge in [-0.15, -0.1) is 0 Å². The van der Waals surface area contributed by atoms with Gasteiger partial charge in [0.1, 0.15) is 6.33 Å². The second-order valence-corrected chi connectivity index (χ2v) is 7.31. The van der Waals surface area contributed by atoms with E-state index in [0.717, 1.165) is 17.8 Å². The van der Waals surface area contributed by atoms with E-state index >= 15 is 0 Å². The third-order valence-electron chi connectivity index (χ3n) is 1.77. The van der Waals surface area contributed by atoms with Crippen LogP contribution in [0.2, 0.25) is 0 Å². The molecule has 15 heavy (non-hydrogen) atoms. The standard InChI is InChI=1S/C11H18N2OS/c1-9(2)5-10-6-11(13-8-12-10)7-15(3,4)14/h6-9H,5H2,1-4H3. The van der Waals surface area contributed by atoms with Crippen molar-refractivity contribution in [2.45, 2.75) is 20.3 Å². The first-order chi connectivity index (χ1) is 6.87. The Hall–Kier alpha value is -0.900. The molecule has 0 aliphatic rings. The van der Waals surface area contributed by atoms with Crippen LogP contribution in [-0.4, -0.2) is 32.1 Å². The molecule has 0 atom stereocenters. The van der Waals surface area contributed by atoms with Gasteiger partial charge < -0.3 is 0 Å². The number of nitrogens with zero attached hydrogens (tertiary/aromatic N) is 2. The van der Waals surface area contributed by atoms with E-state index in [9.17, 15) is 4.21 Å². The second kappa shape index (κ2) is 4.75. The molecule has 0 bridgehead atoms.